The van der Waals surface area contributed by atoms with Gasteiger partial charge >= 0.3 is 0 Å². The fourth-order valence-electron chi connectivity index (χ4n) is 9.07. The highest BCUT2D eigenvalue weighted by molar-refractivity contribution is 7.92. The molecular formula is C40H36F6N8O4S. The number of hydrogen-bond acceptors (Lipinski definition) is 7. The van der Waals surface area contributed by atoms with E-state index in [-0.39, 0.29) is 63.6 Å². The number of aryl methyl sites for hydroxylation is 1. The lowest BCUT2D eigenvalue weighted by molar-refractivity contribution is -0.123. The zero-order valence-corrected chi connectivity index (χ0v) is 32.3. The lowest BCUT2D eigenvalue weighted by Gasteiger charge is -2.24. The molecule has 3 atom stereocenters. The molecule has 0 radical (unpaired) electrons. The highest BCUT2D eigenvalue weighted by atomic mass is 32.2. The minimum Gasteiger partial charge on any atom is -0.344 e. The standard InChI is InChI=1S/C40H36F6N8O4S/c1-52-34-25(37(50-52)51-59(2,57)58)8-5-9-30(34)54-38(48-28-15-21(20-6-3-4-7-20)10-11-24(28)39(54)56)29(14-19-12-22(41)16-23(42)13-19)47-31(55)18-53-35-32(33(49-53)36(43)44)26-17-27(26)40(35,45)46/h5,8-13,15-16,20,26-27,29,36H,3-4,6-7,14,17-18H2,1-2H3,(H,47,55)(H,50,51)/t26-,27+,29-/m0/s1. The van der Waals surface area contributed by atoms with Crippen molar-refractivity contribution in [2.45, 2.75) is 75.3 Å². The average Bonchev–Trinajstić information content (AvgIpc) is 3.40. The fraction of sp³-hybridized carbons (Fsp3) is 0.375. The Morgan fingerprint density at radius 2 is 1.73 bits per heavy atom. The van der Waals surface area contributed by atoms with Crippen LogP contribution in [0.5, 0.6) is 0 Å². The van der Waals surface area contributed by atoms with E-state index in [1.807, 2.05) is 6.07 Å². The highest BCUT2D eigenvalue weighted by Gasteiger charge is 2.67. The first-order chi connectivity index (χ1) is 28.0. The van der Waals surface area contributed by atoms with Gasteiger partial charge in [-0.15, -0.1) is 0 Å². The van der Waals surface area contributed by atoms with E-state index >= 15 is 8.78 Å². The summed E-state index contributed by atoms with van der Waals surface area (Å²) >= 11 is 0. The smallest absolute Gasteiger partial charge is 0.293 e. The number of aromatic nitrogens is 6. The van der Waals surface area contributed by atoms with Crippen molar-refractivity contribution < 1.29 is 39.6 Å². The number of amides is 1. The average molecular weight is 839 g/mol. The van der Waals surface area contributed by atoms with Crippen molar-refractivity contribution in [1.29, 1.82) is 0 Å². The summed E-state index contributed by atoms with van der Waals surface area (Å²) in [6.45, 7) is -0.931. The van der Waals surface area contributed by atoms with Gasteiger partial charge in [-0.3, -0.25) is 28.2 Å². The van der Waals surface area contributed by atoms with Crippen LogP contribution in [0, 0.1) is 17.6 Å². The number of sulfonamides is 1. The third-order valence-electron chi connectivity index (χ3n) is 11.6. The van der Waals surface area contributed by atoms with Crippen molar-refractivity contribution >= 4 is 43.6 Å². The van der Waals surface area contributed by atoms with Gasteiger partial charge in [0.05, 0.1) is 34.4 Å². The van der Waals surface area contributed by atoms with Crippen molar-refractivity contribution in [1.82, 2.24) is 34.4 Å². The maximum absolute atomic E-state index is 15.5. The first kappa shape index (κ1) is 38.8. The SMILES string of the molecule is Cn1nc(NS(C)(=O)=O)c2cccc(-n3c([C@H](Cc4cc(F)cc(F)c4)NC(=O)Cn4nc(C(F)F)c5c4C(F)(F)[C@@H]4C[C@H]54)nc4cc(C5CCCC5)ccc4c3=O)c21. The number of carbonyl (C=O) groups is 1. The summed E-state index contributed by atoms with van der Waals surface area (Å²) in [6.07, 6.45) is 1.32. The first-order valence-corrected chi connectivity index (χ1v) is 20.9. The monoisotopic (exact) mass is 838 g/mol. The van der Waals surface area contributed by atoms with E-state index in [4.69, 9.17) is 4.98 Å². The Balaban J connectivity index is 1.23. The van der Waals surface area contributed by atoms with Crippen LogP contribution in [0.1, 0.15) is 90.3 Å². The molecule has 2 N–H and O–H groups in total. The van der Waals surface area contributed by atoms with Crippen LogP contribution in [0.15, 0.2) is 59.4 Å². The molecule has 1 amide bonds. The number of hydrogen-bond donors (Lipinski definition) is 2. The van der Waals surface area contributed by atoms with Gasteiger partial charge < -0.3 is 5.32 Å². The second-order valence-electron chi connectivity index (χ2n) is 15.7. The fourth-order valence-corrected chi connectivity index (χ4v) is 9.57. The van der Waals surface area contributed by atoms with E-state index in [1.165, 1.54) is 16.3 Å². The van der Waals surface area contributed by atoms with Crippen LogP contribution in [0.3, 0.4) is 0 Å². The summed E-state index contributed by atoms with van der Waals surface area (Å²) in [5.74, 6) is -8.32. The molecule has 3 heterocycles. The zero-order chi connectivity index (χ0) is 41.7. The number of carbonyl (C=O) groups excluding carboxylic acids is 1. The van der Waals surface area contributed by atoms with Gasteiger partial charge in [-0.1, -0.05) is 25.0 Å². The summed E-state index contributed by atoms with van der Waals surface area (Å²) < 4.78 is 119. The highest BCUT2D eigenvalue weighted by Crippen LogP contribution is 2.68. The van der Waals surface area contributed by atoms with Crippen LogP contribution < -0.4 is 15.6 Å². The van der Waals surface area contributed by atoms with Gasteiger partial charge in [0.2, 0.25) is 15.9 Å². The van der Waals surface area contributed by atoms with E-state index in [9.17, 15) is 35.6 Å². The van der Waals surface area contributed by atoms with Crippen LogP contribution >= 0.6 is 0 Å². The van der Waals surface area contributed by atoms with E-state index < -0.39 is 81.3 Å². The maximum Gasteiger partial charge on any atom is 0.293 e. The summed E-state index contributed by atoms with van der Waals surface area (Å²) in [6, 6.07) is 11.3. The number of halogens is 6. The third-order valence-corrected chi connectivity index (χ3v) is 12.1. The second kappa shape index (κ2) is 13.9. The number of fused-ring (bicyclic) bond motifs is 5. The number of benzene rings is 3. The van der Waals surface area contributed by atoms with E-state index in [2.05, 4.69) is 20.2 Å². The number of nitrogens with one attached hydrogen (secondary N) is 2. The summed E-state index contributed by atoms with van der Waals surface area (Å²) in [5, 5.41) is 11.3. The molecule has 9 rings (SSSR count). The molecule has 12 nitrogen and oxygen atoms in total. The minimum absolute atomic E-state index is 0.0206. The number of anilines is 1. The Bertz CT molecular complexity index is 2870. The molecule has 3 aliphatic carbocycles. The van der Waals surface area contributed by atoms with Crippen molar-refractivity contribution in [3.05, 3.63) is 110 Å². The van der Waals surface area contributed by atoms with Crippen LogP contribution in [-0.2, 0) is 40.8 Å². The predicted molar refractivity (Wildman–Crippen MR) is 204 cm³/mol. The Hall–Kier alpha value is -5.72. The summed E-state index contributed by atoms with van der Waals surface area (Å²) in [7, 11) is -2.29. The van der Waals surface area contributed by atoms with Crippen LogP contribution in [0.2, 0.25) is 0 Å². The molecule has 0 bridgehead atoms. The molecule has 2 fully saturated rings. The molecule has 6 aromatic rings. The van der Waals surface area contributed by atoms with Crippen LogP contribution in [-0.4, -0.2) is 49.7 Å². The number of para-hydroxylation sites is 1. The lowest BCUT2D eigenvalue weighted by atomic mass is 9.96. The molecule has 19 heteroatoms. The van der Waals surface area contributed by atoms with Gasteiger partial charge in [0.25, 0.3) is 17.9 Å². The van der Waals surface area contributed by atoms with Crippen molar-refractivity contribution in [2.75, 3.05) is 11.0 Å². The topological polar surface area (TPSA) is 146 Å². The van der Waals surface area contributed by atoms with Gasteiger partial charge in [0.1, 0.15) is 35.4 Å². The van der Waals surface area contributed by atoms with Gasteiger partial charge in [0.15, 0.2) is 5.82 Å². The molecule has 3 aliphatic rings. The van der Waals surface area contributed by atoms with Gasteiger partial charge in [0, 0.05) is 36.4 Å². The van der Waals surface area contributed by atoms with E-state index in [0.717, 1.165) is 49.6 Å². The molecular weight excluding hydrogens is 803 g/mol. The van der Waals surface area contributed by atoms with Gasteiger partial charge in [-0.2, -0.15) is 19.0 Å². The third kappa shape index (κ3) is 6.81. The molecule has 3 aromatic heterocycles. The minimum atomic E-state index is -3.81. The molecule has 0 aliphatic heterocycles. The van der Waals surface area contributed by atoms with Gasteiger partial charge in [-0.05, 0) is 78.6 Å². The van der Waals surface area contributed by atoms with Crippen molar-refractivity contribution in [2.24, 2.45) is 13.0 Å². The number of rotatable bonds is 11. The Morgan fingerprint density at radius 1 is 1.00 bits per heavy atom. The molecule has 2 saturated carbocycles. The summed E-state index contributed by atoms with van der Waals surface area (Å²) in [4.78, 5) is 33.9. The number of alkyl halides is 4. The van der Waals surface area contributed by atoms with Crippen LogP contribution in [0.25, 0.3) is 27.5 Å². The van der Waals surface area contributed by atoms with Crippen molar-refractivity contribution in [3.63, 3.8) is 0 Å². The normalized spacial score (nSPS) is 19.1. The maximum atomic E-state index is 15.5. The molecule has 0 unspecified atom stereocenters. The largest absolute Gasteiger partial charge is 0.344 e. The lowest BCUT2D eigenvalue weighted by Crippen LogP contribution is -2.38. The quantitative estimate of drug-likeness (QED) is 0.133. The van der Waals surface area contributed by atoms with E-state index in [1.54, 1.807) is 30.3 Å². The molecule has 59 heavy (non-hydrogen) atoms. The number of nitrogens with zero attached hydrogens (tertiary/aromatic N) is 6. The second-order valence-corrected chi connectivity index (χ2v) is 17.4. The molecule has 0 spiro atoms. The Labute approximate surface area is 332 Å². The molecule has 0 saturated heterocycles. The van der Waals surface area contributed by atoms with Gasteiger partial charge in [-0.25, -0.2) is 31.0 Å². The van der Waals surface area contributed by atoms with Crippen molar-refractivity contribution in [3.8, 4) is 5.69 Å². The molecule has 3 aromatic carbocycles. The summed E-state index contributed by atoms with van der Waals surface area (Å²) in [5.41, 5.74) is -0.837. The van der Waals surface area contributed by atoms with Crippen LogP contribution in [0.4, 0.5) is 32.2 Å². The first-order valence-electron chi connectivity index (χ1n) is 19.0. The molecule has 308 valence electrons. The zero-order valence-electron chi connectivity index (χ0n) is 31.5. The Kier molecular flexibility index (Phi) is 9.17. The Morgan fingerprint density at radius 3 is 2.42 bits per heavy atom. The predicted octanol–water partition coefficient (Wildman–Crippen LogP) is 7.02. The van der Waals surface area contributed by atoms with E-state index in [0.29, 0.717) is 16.1 Å².